The molecule has 3 aromatic rings. The Hall–Kier alpha value is -3.51. The van der Waals surface area contributed by atoms with E-state index in [4.69, 9.17) is 9.47 Å². The molecule has 0 bridgehead atoms. The maximum atomic E-state index is 12.6. The van der Waals surface area contributed by atoms with Crippen molar-refractivity contribution in [3.8, 4) is 11.5 Å². The Labute approximate surface area is 194 Å². The third-order valence-corrected chi connectivity index (χ3v) is 7.01. The van der Waals surface area contributed by atoms with Gasteiger partial charge in [-0.1, -0.05) is 18.2 Å². The zero-order valence-electron chi connectivity index (χ0n) is 17.6. The first-order chi connectivity index (χ1) is 15.8. The number of carbonyl (C=O) groups excluding carboxylic acids is 1. The summed E-state index contributed by atoms with van der Waals surface area (Å²) in [5.41, 5.74) is 1.61. The Morgan fingerprint density at radius 1 is 1.21 bits per heavy atom. The Kier molecular flexibility index (Phi) is 7.96. The molecule has 1 aromatic heterocycles. The van der Waals surface area contributed by atoms with Gasteiger partial charge in [0.25, 0.3) is 11.6 Å². The predicted molar refractivity (Wildman–Crippen MR) is 122 cm³/mol. The van der Waals surface area contributed by atoms with Crippen molar-refractivity contribution in [3.63, 3.8) is 0 Å². The third kappa shape index (κ3) is 6.26. The van der Waals surface area contributed by atoms with E-state index in [1.165, 1.54) is 36.6 Å². The van der Waals surface area contributed by atoms with Crippen LogP contribution in [0.2, 0.25) is 0 Å². The van der Waals surface area contributed by atoms with Gasteiger partial charge in [0, 0.05) is 18.0 Å². The van der Waals surface area contributed by atoms with Crippen molar-refractivity contribution < 1.29 is 27.6 Å². The van der Waals surface area contributed by atoms with Crippen LogP contribution in [0.25, 0.3) is 0 Å². The number of nitrogens with one attached hydrogen (secondary N) is 1. The minimum Gasteiger partial charge on any atom is -0.493 e. The van der Waals surface area contributed by atoms with Crippen molar-refractivity contribution in [2.24, 2.45) is 0 Å². The second kappa shape index (κ2) is 10.9. The molecule has 174 valence electrons. The smallest absolute Gasteiger partial charge is 0.286 e. The van der Waals surface area contributed by atoms with E-state index >= 15 is 0 Å². The quantitative estimate of drug-likeness (QED) is 0.245. The van der Waals surface area contributed by atoms with Crippen LogP contribution >= 0.6 is 11.3 Å². The van der Waals surface area contributed by atoms with Crippen molar-refractivity contribution >= 4 is 32.8 Å². The molecule has 0 aliphatic rings. The fraction of sp³-hybridized carbons (Fsp3) is 0.238. The highest BCUT2D eigenvalue weighted by Gasteiger charge is 2.25. The Bertz CT molecular complexity index is 1210. The number of hydrogen-bond acceptors (Lipinski definition) is 9. The van der Waals surface area contributed by atoms with Gasteiger partial charge in [0.2, 0.25) is 0 Å². The monoisotopic (exact) mass is 491 g/mol. The summed E-state index contributed by atoms with van der Waals surface area (Å²) in [5.74, 6) is -0.648. The van der Waals surface area contributed by atoms with Crippen molar-refractivity contribution in [1.82, 2.24) is 10.3 Å². The molecule has 10 nitrogen and oxygen atoms in total. The lowest BCUT2D eigenvalue weighted by molar-refractivity contribution is -0.385. The van der Waals surface area contributed by atoms with Gasteiger partial charge in [-0.15, -0.1) is 11.3 Å². The van der Waals surface area contributed by atoms with E-state index in [-0.39, 0.29) is 47.3 Å². The molecule has 1 N–H and O–H groups in total. The number of thiazole rings is 1. The summed E-state index contributed by atoms with van der Waals surface area (Å²) in [5, 5.41) is 15.9. The number of ether oxygens (including phenoxy) is 2. The van der Waals surface area contributed by atoms with Crippen LogP contribution in [0.5, 0.6) is 11.5 Å². The number of nitro benzene ring substituents is 1. The van der Waals surface area contributed by atoms with E-state index in [0.29, 0.717) is 5.69 Å². The van der Waals surface area contributed by atoms with Crippen LogP contribution in [0, 0.1) is 10.1 Å². The zero-order valence-corrected chi connectivity index (χ0v) is 19.2. The van der Waals surface area contributed by atoms with Crippen LogP contribution < -0.4 is 14.8 Å². The highest BCUT2D eigenvalue weighted by Crippen LogP contribution is 2.35. The lowest BCUT2D eigenvalue weighted by atomic mass is 10.1. The summed E-state index contributed by atoms with van der Waals surface area (Å²) in [6.45, 7) is 0.102. The molecule has 0 fully saturated rings. The number of amides is 1. The molecule has 2 aromatic carbocycles. The highest BCUT2D eigenvalue weighted by atomic mass is 32.2. The minimum atomic E-state index is -3.49. The third-order valence-electron chi connectivity index (χ3n) is 4.56. The van der Waals surface area contributed by atoms with Gasteiger partial charge in [-0.25, -0.2) is 13.4 Å². The molecule has 1 heterocycles. The largest absolute Gasteiger partial charge is 0.493 e. The molecule has 0 spiro atoms. The average Bonchev–Trinajstić information content (AvgIpc) is 3.34. The number of nitrogens with zero attached hydrogens (tertiary/aromatic N) is 2. The van der Waals surface area contributed by atoms with Gasteiger partial charge in [-0.3, -0.25) is 14.9 Å². The molecule has 0 atom stereocenters. The first-order valence-electron chi connectivity index (χ1n) is 9.74. The fourth-order valence-corrected chi connectivity index (χ4v) is 4.79. The first kappa shape index (κ1) is 24.1. The number of nitro groups is 1. The fourth-order valence-electron chi connectivity index (χ4n) is 2.92. The summed E-state index contributed by atoms with van der Waals surface area (Å²) < 4.78 is 35.5. The maximum Gasteiger partial charge on any atom is 0.286 e. The summed E-state index contributed by atoms with van der Waals surface area (Å²) in [4.78, 5) is 27.8. The first-order valence-corrected chi connectivity index (χ1v) is 12.3. The van der Waals surface area contributed by atoms with Crippen LogP contribution in [-0.4, -0.2) is 43.6 Å². The Morgan fingerprint density at radius 2 is 1.97 bits per heavy atom. The van der Waals surface area contributed by atoms with Gasteiger partial charge >= 0.3 is 0 Å². The van der Waals surface area contributed by atoms with E-state index < -0.39 is 26.4 Å². The number of carbonyl (C=O) groups is 1. The number of rotatable bonds is 11. The van der Waals surface area contributed by atoms with Gasteiger partial charge in [0.15, 0.2) is 21.3 Å². The highest BCUT2D eigenvalue weighted by molar-refractivity contribution is 7.91. The summed E-state index contributed by atoms with van der Waals surface area (Å²) in [7, 11) is -2.13. The van der Waals surface area contributed by atoms with Crippen molar-refractivity contribution in [1.29, 1.82) is 0 Å². The van der Waals surface area contributed by atoms with Crippen molar-refractivity contribution in [3.05, 3.63) is 74.7 Å². The Balaban J connectivity index is 1.67. The van der Waals surface area contributed by atoms with Crippen molar-refractivity contribution in [2.45, 2.75) is 17.9 Å². The zero-order chi connectivity index (χ0) is 23.8. The molecular formula is C21H21N3O7S2. The molecule has 12 heteroatoms. The molecule has 1 amide bonds. The maximum absolute atomic E-state index is 12.6. The van der Waals surface area contributed by atoms with Crippen LogP contribution in [0.1, 0.15) is 22.5 Å². The molecule has 0 saturated heterocycles. The number of hydrogen-bond donors (Lipinski definition) is 1. The van der Waals surface area contributed by atoms with Gasteiger partial charge in [-0.2, -0.15) is 0 Å². The van der Waals surface area contributed by atoms with E-state index in [2.05, 4.69) is 10.3 Å². The normalized spacial score (nSPS) is 11.1. The number of aromatic nitrogens is 1. The molecular weight excluding hydrogens is 470 g/mol. The summed E-state index contributed by atoms with van der Waals surface area (Å²) >= 11 is 1.39. The van der Waals surface area contributed by atoms with E-state index in [1.54, 1.807) is 29.1 Å². The molecule has 33 heavy (non-hydrogen) atoms. The van der Waals surface area contributed by atoms with E-state index in [9.17, 15) is 23.3 Å². The topological polar surface area (TPSA) is 138 Å². The van der Waals surface area contributed by atoms with Gasteiger partial charge in [-0.05, 0) is 18.6 Å². The van der Waals surface area contributed by atoms with Crippen LogP contribution in [0.3, 0.4) is 0 Å². The molecule has 0 unspecified atom stereocenters. The Morgan fingerprint density at radius 3 is 2.61 bits per heavy atom. The number of methoxy groups -OCH3 is 1. The molecule has 3 rings (SSSR count). The van der Waals surface area contributed by atoms with Crippen LogP contribution in [0.15, 0.2) is 58.3 Å². The second-order valence-corrected chi connectivity index (χ2v) is 9.61. The standard InChI is InChI=1S/C21H21N3O7S2/c1-30-19-10-17(18(24(26)27)11-20(19)31-12-15-13-32-14-23-15)21(25)22-8-5-9-33(28,29)16-6-3-2-4-7-16/h2-4,6-7,10-11,13-14H,5,8-9,12H2,1H3,(H,22,25). The molecule has 0 aliphatic heterocycles. The molecule has 0 aliphatic carbocycles. The predicted octanol–water partition coefficient (Wildman–Crippen LogP) is 3.23. The number of benzene rings is 2. The molecule has 0 radical (unpaired) electrons. The van der Waals surface area contributed by atoms with E-state index in [1.807, 2.05) is 0 Å². The van der Waals surface area contributed by atoms with Gasteiger partial charge < -0.3 is 14.8 Å². The van der Waals surface area contributed by atoms with Crippen LogP contribution in [0.4, 0.5) is 5.69 Å². The number of sulfone groups is 1. The minimum absolute atomic E-state index is 0.0203. The lowest BCUT2D eigenvalue weighted by Crippen LogP contribution is -2.26. The lowest BCUT2D eigenvalue weighted by Gasteiger charge is -2.12. The summed E-state index contributed by atoms with van der Waals surface area (Å²) in [6, 6.07) is 10.3. The second-order valence-electron chi connectivity index (χ2n) is 6.79. The van der Waals surface area contributed by atoms with Gasteiger partial charge in [0.1, 0.15) is 12.2 Å². The SMILES string of the molecule is COc1cc(C(=O)NCCCS(=O)(=O)c2ccccc2)c([N+](=O)[O-])cc1OCc1cscn1. The summed E-state index contributed by atoms with van der Waals surface area (Å²) in [6.07, 6.45) is 0.142. The molecule has 0 saturated carbocycles. The average molecular weight is 492 g/mol. The van der Waals surface area contributed by atoms with Crippen LogP contribution in [-0.2, 0) is 16.4 Å². The van der Waals surface area contributed by atoms with E-state index in [0.717, 1.165) is 6.07 Å². The van der Waals surface area contributed by atoms with Gasteiger partial charge in [0.05, 0.1) is 40.0 Å². The van der Waals surface area contributed by atoms with Crippen molar-refractivity contribution in [2.75, 3.05) is 19.4 Å².